The van der Waals surface area contributed by atoms with E-state index in [0.717, 1.165) is 5.56 Å². The molecule has 2 heterocycles. The molecule has 0 bridgehead atoms. The van der Waals surface area contributed by atoms with E-state index in [2.05, 4.69) is 5.10 Å². The number of methoxy groups -OCH3 is 1. The first-order valence-corrected chi connectivity index (χ1v) is 12.8. The molecular formula is C27H38N4O7. The Morgan fingerprint density at radius 2 is 1.82 bits per heavy atom. The summed E-state index contributed by atoms with van der Waals surface area (Å²) < 4.78 is 23.5. The van der Waals surface area contributed by atoms with Crippen LogP contribution in [-0.2, 0) is 38.6 Å². The lowest BCUT2D eigenvalue weighted by Crippen LogP contribution is -2.57. The first-order valence-electron chi connectivity index (χ1n) is 12.8. The van der Waals surface area contributed by atoms with E-state index in [4.69, 9.17) is 18.9 Å². The number of carbonyl (C=O) groups excluding carboxylic acids is 3. The van der Waals surface area contributed by atoms with Crippen molar-refractivity contribution in [2.24, 2.45) is 0 Å². The zero-order valence-corrected chi connectivity index (χ0v) is 22.8. The first kappa shape index (κ1) is 28.8. The molecule has 208 valence electrons. The van der Waals surface area contributed by atoms with Gasteiger partial charge in [0, 0.05) is 44.4 Å². The summed E-state index contributed by atoms with van der Waals surface area (Å²) in [7, 11) is 1.33. The molecule has 2 aromatic rings. The lowest BCUT2D eigenvalue weighted by atomic mass is 10.1. The van der Waals surface area contributed by atoms with Crippen molar-refractivity contribution in [1.82, 2.24) is 19.6 Å². The number of ether oxygens (including phenoxy) is 4. The maximum absolute atomic E-state index is 13.0. The number of piperazine rings is 1. The molecule has 1 fully saturated rings. The van der Waals surface area contributed by atoms with E-state index >= 15 is 0 Å². The minimum atomic E-state index is -0.653. The number of aryl methyl sites for hydroxylation is 1. The highest BCUT2D eigenvalue weighted by Crippen LogP contribution is 2.21. The van der Waals surface area contributed by atoms with Gasteiger partial charge in [-0.2, -0.15) is 0 Å². The fraction of sp³-hybridized carbons (Fsp3) is 0.556. The van der Waals surface area contributed by atoms with E-state index in [1.165, 1.54) is 7.11 Å². The van der Waals surface area contributed by atoms with Crippen LogP contribution in [0.2, 0.25) is 0 Å². The predicted molar refractivity (Wildman–Crippen MR) is 139 cm³/mol. The maximum atomic E-state index is 13.0. The number of hydrogen-bond acceptors (Lipinski definition) is 8. The second kappa shape index (κ2) is 13.2. The molecule has 0 unspecified atom stereocenters. The third kappa shape index (κ3) is 8.39. The summed E-state index contributed by atoms with van der Waals surface area (Å²) in [6.07, 6.45) is 1.33. The average molecular weight is 531 g/mol. The topological polar surface area (TPSA) is 112 Å². The normalized spacial score (nSPS) is 15.7. The minimum absolute atomic E-state index is 0.0420. The summed E-state index contributed by atoms with van der Waals surface area (Å²) in [6.45, 7) is 9.28. The summed E-state index contributed by atoms with van der Waals surface area (Å²) in [6, 6.07) is 9.10. The summed E-state index contributed by atoms with van der Waals surface area (Å²) in [5.74, 6) is -0.0467. The highest BCUT2D eigenvalue weighted by molar-refractivity contribution is 5.73. The first-order chi connectivity index (χ1) is 18.1. The van der Waals surface area contributed by atoms with Crippen molar-refractivity contribution in [3.8, 4) is 5.88 Å². The zero-order valence-electron chi connectivity index (χ0n) is 22.8. The van der Waals surface area contributed by atoms with Crippen molar-refractivity contribution in [2.45, 2.75) is 65.3 Å². The quantitative estimate of drug-likeness (QED) is 0.357. The minimum Gasteiger partial charge on any atom is -0.476 e. The number of esters is 1. The third-order valence-corrected chi connectivity index (χ3v) is 5.95. The molecule has 0 radical (unpaired) electrons. The van der Waals surface area contributed by atoms with Crippen LogP contribution in [0.25, 0.3) is 0 Å². The molecule has 1 aromatic heterocycles. The van der Waals surface area contributed by atoms with Crippen LogP contribution in [0.15, 0.2) is 36.5 Å². The van der Waals surface area contributed by atoms with Crippen molar-refractivity contribution < 1.29 is 33.3 Å². The molecule has 1 aromatic carbocycles. The number of nitrogens with zero attached hydrogens (tertiary/aromatic N) is 4. The molecule has 1 aliphatic rings. The lowest BCUT2D eigenvalue weighted by Gasteiger charge is -2.41. The number of amides is 2. The van der Waals surface area contributed by atoms with Crippen LogP contribution in [-0.4, -0.2) is 82.7 Å². The summed E-state index contributed by atoms with van der Waals surface area (Å²) in [5.41, 5.74) is 0.865. The van der Waals surface area contributed by atoms with E-state index in [-0.39, 0.29) is 32.2 Å². The van der Waals surface area contributed by atoms with E-state index in [9.17, 15) is 14.4 Å². The lowest BCUT2D eigenvalue weighted by molar-refractivity contribution is -0.139. The van der Waals surface area contributed by atoms with E-state index in [1.54, 1.807) is 20.7 Å². The highest BCUT2D eigenvalue weighted by Gasteiger charge is 2.35. The summed E-state index contributed by atoms with van der Waals surface area (Å²) in [4.78, 5) is 40.8. The van der Waals surface area contributed by atoms with Gasteiger partial charge in [-0.05, 0) is 33.3 Å². The fourth-order valence-electron chi connectivity index (χ4n) is 4.01. The largest absolute Gasteiger partial charge is 0.476 e. The van der Waals surface area contributed by atoms with Gasteiger partial charge in [0.1, 0.15) is 12.2 Å². The molecule has 1 saturated heterocycles. The summed E-state index contributed by atoms with van der Waals surface area (Å²) in [5, 5.41) is 4.39. The van der Waals surface area contributed by atoms with Gasteiger partial charge >= 0.3 is 18.2 Å². The monoisotopic (exact) mass is 530 g/mol. The fourth-order valence-corrected chi connectivity index (χ4v) is 4.01. The standard InChI is InChI=1S/C27H38N4O7/c1-6-30-17-21(16-23(32)35-5)24(28-30)36-15-12-22-18-29(13-14-31(22)26(34)38-27(2,3)4)25(33)37-19-20-10-8-7-9-11-20/h7-11,17,22H,6,12-16,18-19H2,1-5H3/t22-/m1/s1. The molecule has 2 amide bonds. The number of rotatable bonds is 9. The molecule has 1 aliphatic heterocycles. The zero-order chi connectivity index (χ0) is 27.7. The molecule has 0 aliphatic carbocycles. The van der Waals surface area contributed by atoms with Gasteiger partial charge in [0.2, 0.25) is 5.88 Å². The molecule has 0 spiro atoms. The number of hydrogen-bond donors (Lipinski definition) is 0. The van der Waals surface area contributed by atoms with Crippen LogP contribution in [0, 0.1) is 0 Å². The van der Waals surface area contributed by atoms with E-state index in [1.807, 2.05) is 58.0 Å². The van der Waals surface area contributed by atoms with Gasteiger partial charge in [-0.15, -0.1) is 5.10 Å². The Morgan fingerprint density at radius 3 is 2.47 bits per heavy atom. The second-order valence-corrected chi connectivity index (χ2v) is 10.0. The van der Waals surface area contributed by atoms with Gasteiger partial charge in [0.25, 0.3) is 0 Å². The Balaban J connectivity index is 1.66. The Morgan fingerprint density at radius 1 is 1.08 bits per heavy atom. The average Bonchev–Trinajstić information content (AvgIpc) is 3.28. The van der Waals surface area contributed by atoms with Crippen molar-refractivity contribution in [1.29, 1.82) is 0 Å². The van der Waals surface area contributed by atoms with Gasteiger partial charge in [0.05, 0.1) is 26.2 Å². The molecule has 0 saturated carbocycles. The van der Waals surface area contributed by atoms with Crippen LogP contribution in [0.5, 0.6) is 5.88 Å². The molecule has 1 atom stereocenters. The Bertz CT molecular complexity index is 1080. The van der Waals surface area contributed by atoms with Gasteiger partial charge < -0.3 is 28.7 Å². The molecule has 11 nitrogen and oxygen atoms in total. The Kier molecular flexibility index (Phi) is 9.98. The highest BCUT2D eigenvalue weighted by atomic mass is 16.6. The van der Waals surface area contributed by atoms with Crippen LogP contribution < -0.4 is 4.74 Å². The Labute approximate surface area is 223 Å². The SMILES string of the molecule is CCn1cc(CC(=O)OC)c(OCC[C@@H]2CN(C(=O)OCc3ccccc3)CCN2C(=O)OC(C)(C)C)n1. The van der Waals surface area contributed by atoms with Gasteiger partial charge in [-0.1, -0.05) is 30.3 Å². The van der Waals surface area contributed by atoms with Crippen LogP contribution in [0.3, 0.4) is 0 Å². The molecule has 11 heteroatoms. The smallest absolute Gasteiger partial charge is 0.410 e. The number of benzene rings is 1. The van der Waals surface area contributed by atoms with Crippen molar-refractivity contribution in [3.05, 3.63) is 47.7 Å². The maximum Gasteiger partial charge on any atom is 0.410 e. The van der Waals surface area contributed by atoms with E-state index in [0.29, 0.717) is 37.5 Å². The predicted octanol–water partition coefficient (Wildman–Crippen LogP) is 3.65. The van der Waals surface area contributed by atoms with Crippen molar-refractivity contribution in [2.75, 3.05) is 33.4 Å². The van der Waals surface area contributed by atoms with Gasteiger partial charge in [-0.3, -0.25) is 9.48 Å². The van der Waals surface area contributed by atoms with E-state index < -0.39 is 23.8 Å². The number of carbonyl (C=O) groups is 3. The molecule has 0 N–H and O–H groups in total. The summed E-state index contributed by atoms with van der Waals surface area (Å²) >= 11 is 0. The Hall–Kier alpha value is -3.76. The molecule has 3 rings (SSSR count). The van der Waals surface area contributed by atoms with Crippen LogP contribution in [0.1, 0.15) is 45.2 Å². The molecular weight excluding hydrogens is 492 g/mol. The van der Waals surface area contributed by atoms with Gasteiger partial charge in [0.15, 0.2) is 0 Å². The van der Waals surface area contributed by atoms with Crippen LogP contribution >= 0.6 is 0 Å². The second-order valence-electron chi connectivity index (χ2n) is 10.0. The number of aromatic nitrogens is 2. The van der Waals surface area contributed by atoms with Crippen LogP contribution in [0.4, 0.5) is 9.59 Å². The van der Waals surface area contributed by atoms with Gasteiger partial charge in [-0.25, -0.2) is 9.59 Å². The van der Waals surface area contributed by atoms with Crippen molar-refractivity contribution in [3.63, 3.8) is 0 Å². The van der Waals surface area contributed by atoms with Crippen molar-refractivity contribution >= 4 is 18.2 Å². The molecule has 38 heavy (non-hydrogen) atoms. The third-order valence-electron chi connectivity index (χ3n) is 5.95.